The molecule has 3 heterocycles. The molecule has 0 bridgehead atoms. The third kappa shape index (κ3) is 3.44. The van der Waals surface area contributed by atoms with E-state index in [2.05, 4.69) is 4.98 Å². The van der Waals surface area contributed by atoms with Gasteiger partial charge in [-0.2, -0.15) is 0 Å². The van der Waals surface area contributed by atoms with Crippen molar-refractivity contribution in [1.29, 1.82) is 0 Å². The molecule has 1 aromatic heterocycles. The molecule has 0 aromatic carbocycles. The molecule has 6 nitrogen and oxygen atoms in total. The van der Waals surface area contributed by atoms with Crippen molar-refractivity contribution in [2.24, 2.45) is 5.41 Å². The van der Waals surface area contributed by atoms with Gasteiger partial charge in [-0.1, -0.05) is 0 Å². The summed E-state index contributed by atoms with van der Waals surface area (Å²) in [5.74, 6) is 0.197. The molecule has 1 aromatic rings. The van der Waals surface area contributed by atoms with E-state index in [0.29, 0.717) is 18.8 Å². The maximum absolute atomic E-state index is 12.3. The number of likely N-dealkylation sites (tertiary alicyclic amines) is 1. The molecule has 8 heteroatoms. The van der Waals surface area contributed by atoms with Gasteiger partial charge >= 0.3 is 0 Å². The summed E-state index contributed by atoms with van der Waals surface area (Å²) in [4.78, 5) is 18.3. The van der Waals surface area contributed by atoms with E-state index < -0.39 is 10.0 Å². The van der Waals surface area contributed by atoms with Crippen LogP contribution in [0.1, 0.15) is 43.1 Å². The van der Waals surface area contributed by atoms with Gasteiger partial charge in [-0.3, -0.25) is 4.79 Å². The van der Waals surface area contributed by atoms with Crippen LogP contribution in [0, 0.1) is 5.41 Å². The Morgan fingerprint density at radius 3 is 2.35 bits per heavy atom. The SMILES string of the molecule is CCS(=O)(=O)N1CCC2(CCN(C(=O)c3cscn3)CC2)CC1. The molecule has 2 saturated heterocycles. The molecule has 128 valence electrons. The maximum Gasteiger partial charge on any atom is 0.273 e. The number of thiazole rings is 1. The highest BCUT2D eigenvalue weighted by molar-refractivity contribution is 7.89. The molecule has 2 aliphatic heterocycles. The molecule has 1 spiro atoms. The van der Waals surface area contributed by atoms with Gasteiger partial charge in [-0.05, 0) is 38.0 Å². The highest BCUT2D eigenvalue weighted by Gasteiger charge is 2.40. The lowest BCUT2D eigenvalue weighted by Gasteiger charge is -2.46. The lowest BCUT2D eigenvalue weighted by molar-refractivity contribution is 0.0421. The number of rotatable bonds is 3. The first-order valence-corrected chi connectivity index (χ1v) is 10.7. The largest absolute Gasteiger partial charge is 0.337 e. The van der Waals surface area contributed by atoms with Gasteiger partial charge in [0.1, 0.15) is 5.69 Å². The zero-order valence-corrected chi connectivity index (χ0v) is 15.0. The van der Waals surface area contributed by atoms with Gasteiger partial charge in [0.15, 0.2) is 0 Å². The van der Waals surface area contributed by atoms with Crippen LogP contribution < -0.4 is 0 Å². The topological polar surface area (TPSA) is 70.6 Å². The number of sulfonamides is 1. The van der Waals surface area contributed by atoms with Gasteiger partial charge in [0.2, 0.25) is 10.0 Å². The Hall–Kier alpha value is -0.990. The van der Waals surface area contributed by atoms with E-state index in [4.69, 9.17) is 0 Å². The molecule has 23 heavy (non-hydrogen) atoms. The van der Waals surface area contributed by atoms with E-state index in [0.717, 1.165) is 38.8 Å². The van der Waals surface area contributed by atoms with E-state index in [1.165, 1.54) is 11.3 Å². The van der Waals surface area contributed by atoms with Crippen molar-refractivity contribution in [1.82, 2.24) is 14.2 Å². The van der Waals surface area contributed by atoms with Gasteiger partial charge in [-0.25, -0.2) is 17.7 Å². The minimum absolute atomic E-state index is 0.0205. The van der Waals surface area contributed by atoms with E-state index in [-0.39, 0.29) is 17.1 Å². The monoisotopic (exact) mass is 357 g/mol. The smallest absolute Gasteiger partial charge is 0.273 e. The van der Waals surface area contributed by atoms with Crippen LogP contribution >= 0.6 is 11.3 Å². The van der Waals surface area contributed by atoms with Crippen LogP contribution in [0.3, 0.4) is 0 Å². The molecule has 0 aliphatic carbocycles. The third-order valence-corrected chi connectivity index (χ3v) is 7.77. The first kappa shape index (κ1) is 16.9. The molecular weight excluding hydrogens is 334 g/mol. The Morgan fingerprint density at radius 2 is 1.83 bits per heavy atom. The summed E-state index contributed by atoms with van der Waals surface area (Å²) in [6.07, 6.45) is 3.74. The molecule has 1 amide bonds. The van der Waals surface area contributed by atoms with Gasteiger partial charge in [0, 0.05) is 31.6 Å². The second-order valence-corrected chi connectivity index (χ2v) is 9.44. The van der Waals surface area contributed by atoms with Crippen LogP contribution in [0.2, 0.25) is 0 Å². The zero-order chi connectivity index (χ0) is 16.5. The molecule has 0 radical (unpaired) electrons. The highest BCUT2D eigenvalue weighted by Crippen LogP contribution is 2.42. The highest BCUT2D eigenvalue weighted by atomic mass is 32.2. The van der Waals surface area contributed by atoms with Crippen molar-refractivity contribution in [2.75, 3.05) is 31.9 Å². The number of amides is 1. The lowest BCUT2D eigenvalue weighted by atomic mass is 9.71. The van der Waals surface area contributed by atoms with Crippen molar-refractivity contribution in [3.8, 4) is 0 Å². The van der Waals surface area contributed by atoms with Crippen LogP contribution in [0.15, 0.2) is 10.9 Å². The predicted molar refractivity (Wildman–Crippen MR) is 90.0 cm³/mol. The van der Waals surface area contributed by atoms with E-state index >= 15 is 0 Å². The number of aromatic nitrogens is 1. The Kier molecular flexibility index (Phi) is 4.75. The van der Waals surface area contributed by atoms with E-state index in [1.54, 1.807) is 22.1 Å². The zero-order valence-electron chi connectivity index (χ0n) is 13.4. The predicted octanol–water partition coefficient (Wildman–Crippen LogP) is 1.81. The summed E-state index contributed by atoms with van der Waals surface area (Å²) in [5.41, 5.74) is 2.43. The summed E-state index contributed by atoms with van der Waals surface area (Å²) in [6.45, 7) is 4.43. The number of hydrogen-bond donors (Lipinski definition) is 0. The molecular formula is C15H23N3O3S2. The number of carbonyl (C=O) groups excluding carboxylic acids is 1. The molecule has 0 unspecified atom stereocenters. The molecule has 2 fully saturated rings. The minimum Gasteiger partial charge on any atom is -0.337 e. The van der Waals surface area contributed by atoms with Crippen LogP contribution in [-0.4, -0.2) is 60.4 Å². The van der Waals surface area contributed by atoms with Crippen molar-refractivity contribution >= 4 is 27.3 Å². The fraction of sp³-hybridized carbons (Fsp3) is 0.733. The van der Waals surface area contributed by atoms with Gasteiger partial charge in [0.25, 0.3) is 5.91 Å². The summed E-state index contributed by atoms with van der Waals surface area (Å²) in [5, 5.41) is 1.79. The first-order valence-electron chi connectivity index (χ1n) is 8.11. The normalized spacial score (nSPS) is 22.4. The van der Waals surface area contributed by atoms with Crippen molar-refractivity contribution in [3.63, 3.8) is 0 Å². The molecule has 0 atom stereocenters. The van der Waals surface area contributed by atoms with Crippen molar-refractivity contribution < 1.29 is 13.2 Å². The van der Waals surface area contributed by atoms with Gasteiger partial charge in [0.05, 0.1) is 11.3 Å². The standard InChI is InChI=1S/C15H23N3O3S2/c1-2-23(20,21)18-9-5-15(6-10-18)3-7-17(8-4-15)14(19)13-11-22-12-16-13/h11-12H,2-10H2,1H3. The fourth-order valence-electron chi connectivity index (χ4n) is 3.59. The molecule has 3 rings (SSSR count). The van der Waals surface area contributed by atoms with Crippen LogP contribution in [0.4, 0.5) is 0 Å². The Bertz CT molecular complexity index is 640. The van der Waals surface area contributed by atoms with Crippen LogP contribution in [0.25, 0.3) is 0 Å². The summed E-state index contributed by atoms with van der Waals surface area (Å²) in [6, 6.07) is 0. The summed E-state index contributed by atoms with van der Waals surface area (Å²) >= 11 is 1.44. The molecule has 0 saturated carbocycles. The van der Waals surface area contributed by atoms with Gasteiger partial charge < -0.3 is 4.90 Å². The minimum atomic E-state index is -3.07. The molecule has 2 aliphatic rings. The first-order chi connectivity index (χ1) is 11.0. The number of piperidine rings is 2. The van der Waals surface area contributed by atoms with Crippen molar-refractivity contribution in [2.45, 2.75) is 32.6 Å². The Morgan fingerprint density at radius 1 is 1.22 bits per heavy atom. The fourth-order valence-corrected chi connectivity index (χ4v) is 5.22. The average molecular weight is 358 g/mol. The average Bonchev–Trinajstić information content (AvgIpc) is 3.10. The number of hydrogen-bond acceptors (Lipinski definition) is 5. The van der Waals surface area contributed by atoms with E-state index in [1.807, 2.05) is 4.90 Å². The lowest BCUT2D eigenvalue weighted by Crippen LogP contribution is -2.49. The maximum atomic E-state index is 12.3. The van der Waals surface area contributed by atoms with E-state index in [9.17, 15) is 13.2 Å². The van der Waals surface area contributed by atoms with Crippen LogP contribution in [0.5, 0.6) is 0 Å². The number of nitrogens with zero attached hydrogens (tertiary/aromatic N) is 3. The molecule has 0 N–H and O–H groups in total. The summed E-state index contributed by atoms with van der Waals surface area (Å²) in [7, 11) is -3.07. The Labute approximate surface area is 141 Å². The summed E-state index contributed by atoms with van der Waals surface area (Å²) < 4.78 is 25.6. The second-order valence-electron chi connectivity index (χ2n) is 6.47. The Balaban J connectivity index is 1.56. The number of carbonyl (C=O) groups is 1. The quantitative estimate of drug-likeness (QED) is 0.827. The van der Waals surface area contributed by atoms with Crippen LogP contribution in [-0.2, 0) is 10.0 Å². The van der Waals surface area contributed by atoms with Gasteiger partial charge in [-0.15, -0.1) is 11.3 Å². The van der Waals surface area contributed by atoms with Crippen molar-refractivity contribution in [3.05, 3.63) is 16.6 Å². The third-order valence-electron chi connectivity index (χ3n) is 5.30. The second kappa shape index (κ2) is 6.49.